The summed E-state index contributed by atoms with van der Waals surface area (Å²) in [7, 11) is 0. The minimum atomic E-state index is -2.14. The van der Waals surface area contributed by atoms with Gasteiger partial charge in [-0.3, -0.25) is 19.7 Å². The summed E-state index contributed by atoms with van der Waals surface area (Å²) >= 11 is 5.75. The van der Waals surface area contributed by atoms with Gasteiger partial charge in [-0.15, -0.1) is 0 Å². The third kappa shape index (κ3) is 5.65. The fourth-order valence-corrected chi connectivity index (χ4v) is 2.65. The fourth-order valence-electron chi connectivity index (χ4n) is 2.52. The first-order chi connectivity index (χ1) is 14.3. The number of nitrogens with zero attached hydrogens (tertiary/aromatic N) is 1. The monoisotopic (exact) mass is 427 g/mol. The van der Waals surface area contributed by atoms with Crippen LogP contribution in [-0.4, -0.2) is 35.8 Å². The van der Waals surface area contributed by atoms with Crippen molar-refractivity contribution >= 4 is 35.3 Å². The maximum absolute atomic E-state index is 12.5. The minimum absolute atomic E-state index is 0.0336. The zero-order chi connectivity index (χ0) is 22.1. The zero-order valence-electron chi connectivity index (χ0n) is 16.0. The highest BCUT2D eigenvalue weighted by Crippen LogP contribution is 2.16. The molecule has 0 fully saturated rings. The Hall–Kier alpha value is -3.70. The molecule has 0 heterocycles. The molecule has 2 rings (SSSR count). The summed E-state index contributed by atoms with van der Waals surface area (Å²) in [5.41, 5.74) is -1.48. The van der Waals surface area contributed by atoms with Crippen molar-refractivity contribution in [3.63, 3.8) is 0 Å². The molecule has 0 saturated heterocycles. The van der Waals surface area contributed by atoms with Crippen molar-refractivity contribution in [1.29, 1.82) is 5.26 Å². The van der Waals surface area contributed by atoms with E-state index in [1.165, 1.54) is 24.3 Å². The summed E-state index contributed by atoms with van der Waals surface area (Å²) in [6.07, 6.45) is -0.229. The smallest absolute Gasteiger partial charge is 0.347 e. The Morgan fingerprint density at radius 3 is 2.23 bits per heavy atom. The fraction of sp³-hybridized carbons (Fsp3) is 0.190. The van der Waals surface area contributed by atoms with E-state index < -0.39 is 29.2 Å². The molecule has 0 aliphatic heterocycles. The standard InChI is InChI=1S/C21H18ClN3O5/c1-2-30-20(29)21(13-23,12-14-6-4-3-5-7-14)25-19(28)18(27)24-17(26)15-8-10-16(22)11-9-15/h3-11H,2,12H2,1H3,(H,25,28)(H,24,26,27). The van der Waals surface area contributed by atoms with E-state index in [9.17, 15) is 24.4 Å². The number of hydrogen-bond acceptors (Lipinski definition) is 6. The predicted molar refractivity (Wildman–Crippen MR) is 107 cm³/mol. The molecule has 1 unspecified atom stereocenters. The normalized spacial score (nSPS) is 12.0. The third-order valence-electron chi connectivity index (χ3n) is 3.99. The number of carbonyl (C=O) groups is 4. The second-order valence-electron chi connectivity index (χ2n) is 6.14. The van der Waals surface area contributed by atoms with Gasteiger partial charge in [-0.25, -0.2) is 4.79 Å². The molecule has 3 amide bonds. The quantitative estimate of drug-likeness (QED) is 0.534. The number of hydrogen-bond donors (Lipinski definition) is 2. The van der Waals surface area contributed by atoms with Gasteiger partial charge in [-0.1, -0.05) is 41.9 Å². The molecule has 0 bridgehead atoms. The number of halogens is 1. The summed E-state index contributed by atoms with van der Waals surface area (Å²) in [6.45, 7) is 1.51. The second kappa shape index (κ2) is 10.2. The van der Waals surface area contributed by atoms with Crippen LogP contribution in [0.3, 0.4) is 0 Å². The SMILES string of the molecule is CCOC(=O)C(C#N)(Cc1ccccc1)NC(=O)C(=O)NC(=O)c1ccc(Cl)cc1. The summed E-state index contributed by atoms with van der Waals surface area (Å²) in [6, 6.07) is 15.8. The van der Waals surface area contributed by atoms with Gasteiger partial charge in [0, 0.05) is 17.0 Å². The van der Waals surface area contributed by atoms with Crippen LogP contribution in [0.4, 0.5) is 0 Å². The molecule has 0 saturated carbocycles. The van der Waals surface area contributed by atoms with Gasteiger partial charge in [-0.2, -0.15) is 5.26 Å². The van der Waals surface area contributed by atoms with Gasteiger partial charge in [0.1, 0.15) is 6.07 Å². The van der Waals surface area contributed by atoms with Gasteiger partial charge in [-0.05, 0) is 36.8 Å². The van der Waals surface area contributed by atoms with Crippen molar-refractivity contribution in [2.75, 3.05) is 6.61 Å². The molecule has 2 aromatic carbocycles. The summed E-state index contributed by atoms with van der Waals surface area (Å²) in [5.74, 6) is -4.51. The highest BCUT2D eigenvalue weighted by atomic mass is 35.5. The van der Waals surface area contributed by atoms with E-state index in [1.807, 2.05) is 5.32 Å². The van der Waals surface area contributed by atoms with Crippen LogP contribution in [0.25, 0.3) is 0 Å². The lowest BCUT2D eigenvalue weighted by molar-refractivity contribution is -0.151. The largest absolute Gasteiger partial charge is 0.463 e. The number of amides is 3. The Bertz CT molecular complexity index is 986. The van der Waals surface area contributed by atoms with E-state index >= 15 is 0 Å². The lowest BCUT2D eigenvalue weighted by atomic mass is 9.92. The number of ether oxygens (including phenoxy) is 1. The van der Waals surface area contributed by atoms with Gasteiger partial charge >= 0.3 is 17.8 Å². The van der Waals surface area contributed by atoms with Crippen LogP contribution in [0.1, 0.15) is 22.8 Å². The molecule has 2 aromatic rings. The van der Waals surface area contributed by atoms with Crippen molar-refractivity contribution < 1.29 is 23.9 Å². The van der Waals surface area contributed by atoms with Crippen molar-refractivity contribution in [2.45, 2.75) is 18.9 Å². The Balaban J connectivity index is 2.19. The molecule has 30 heavy (non-hydrogen) atoms. The van der Waals surface area contributed by atoms with Gasteiger partial charge in [0.25, 0.3) is 5.91 Å². The number of benzene rings is 2. The van der Waals surface area contributed by atoms with Crippen LogP contribution in [0.5, 0.6) is 0 Å². The first kappa shape index (κ1) is 22.6. The van der Waals surface area contributed by atoms with Crippen LogP contribution in [0, 0.1) is 11.3 Å². The van der Waals surface area contributed by atoms with E-state index in [0.717, 1.165) is 0 Å². The van der Waals surface area contributed by atoms with Gasteiger partial charge in [0.15, 0.2) is 0 Å². The average molecular weight is 428 g/mol. The molecule has 9 heteroatoms. The minimum Gasteiger partial charge on any atom is -0.463 e. The van der Waals surface area contributed by atoms with E-state index in [2.05, 4.69) is 5.32 Å². The van der Waals surface area contributed by atoms with Crippen LogP contribution in [-0.2, 0) is 25.5 Å². The molecule has 8 nitrogen and oxygen atoms in total. The van der Waals surface area contributed by atoms with Crippen molar-refractivity contribution in [3.05, 3.63) is 70.7 Å². The third-order valence-corrected chi connectivity index (χ3v) is 4.25. The molecule has 2 N–H and O–H groups in total. The molecular weight excluding hydrogens is 410 g/mol. The van der Waals surface area contributed by atoms with Crippen LogP contribution < -0.4 is 10.6 Å². The second-order valence-corrected chi connectivity index (χ2v) is 6.58. The van der Waals surface area contributed by atoms with Gasteiger partial charge in [0.2, 0.25) is 5.54 Å². The molecule has 0 spiro atoms. The van der Waals surface area contributed by atoms with Crippen molar-refractivity contribution in [3.8, 4) is 6.07 Å². The lowest BCUT2D eigenvalue weighted by Gasteiger charge is -2.25. The predicted octanol–water partition coefficient (Wildman–Crippen LogP) is 1.78. The molecular formula is C21H18ClN3O5. The average Bonchev–Trinajstić information content (AvgIpc) is 2.74. The molecule has 0 aromatic heterocycles. The van der Waals surface area contributed by atoms with E-state index in [4.69, 9.17) is 16.3 Å². The lowest BCUT2D eigenvalue weighted by Crippen LogP contribution is -2.59. The molecule has 0 aliphatic rings. The number of imide groups is 1. The topological polar surface area (TPSA) is 125 Å². The number of esters is 1. The molecule has 0 radical (unpaired) electrons. The van der Waals surface area contributed by atoms with E-state index in [-0.39, 0.29) is 18.6 Å². The molecule has 154 valence electrons. The Kier molecular flexibility index (Phi) is 7.67. The number of rotatable bonds is 6. The highest BCUT2D eigenvalue weighted by molar-refractivity contribution is 6.39. The highest BCUT2D eigenvalue weighted by Gasteiger charge is 2.43. The van der Waals surface area contributed by atoms with Gasteiger partial charge < -0.3 is 10.1 Å². The summed E-state index contributed by atoms with van der Waals surface area (Å²) in [5, 5.41) is 14.1. The Morgan fingerprint density at radius 1 is 1.03 bits per heavy atom. The number of nitrogens with one attached hydrogen (secondary N) is 2. The van der Waals surface area contributed by atoms with E-state index in [0.29, 0.717) is 10.6 Å². The zero-order valence-corrected chi connectivity index (χ0v) is 16.7. The number of carbonyl (C=O) groups excluding carboxylic acids is 4. The van der Waals surface area contributed by atoms with E-state index in [1.54, 1.807) is 43.3 Å². The molecule has 1 atom stereocenters. The maximum Gasteiger partial charge on any atom is 0.347 e. The van der Waals surface area contributed by atoms with Crippen molar-refractivity contribution in [1.82, 2.24) is 10.6 Å². The summed E-state index contributed by atoms with van der Waals surface area (Å²) < 4.78 is 4.93. The number of nitriles is 1. The Morgan fingerprint density at radius 2 is 1.67 bits per heavy atom. The maximum atomic E-state index is 12.5. The van der Waals surface area contributed by atoms with Crippen molar-refractivity contribution in [2.24, 2.45) is 0 Å². The van der Waals surface area contributed by atoms with Crippen LogP contribution in [0.2, 0.25) is 5.02 Å². The summed E-state index contributed by atoms with van der Waals surface area (Å²) in [4.78, 5) is 49.2. The van der Waals surface area contributed by atoms with Crippen LogP contribution in [0.15, 0.2) is 54.6 Å². The van der Waals surface area contributed by atoms with Gasteiger partial charge in [0.05, 0.1) is 6.61 Å². The molecule has 0 aliphatic carbocycles. The Labute approximate surface area is 177 Å². The van der Waals surface area contributed by atoms with Crippen LogP contribution >= 0.6 is 11.6 Å². The first-order valence-corrected chi connectivity index (χ1v) is 9.25. The first-order valence-electron chi connectivity index (χ1n) is 8.87.